The van der Waals surface area contributed by atoms with Gasteiger partial charge in [-0.1, -0.05) is 31.4 Å². The lowest BCUT2D eigenvalue weighted by atomic mass is 9.96. The number of fused-ring (bicyclic) bond motifs is 1. The second-order valence-corrected chi connectivity index (χ2v) is 9.69. The van der Waals surface area contributed by atoms with Gasteiger partial charge in [0.25, 0.3) is 5.91 Å². The Morgan fingerprint density at radius 2 is 1.67 bits per heavy atom. The zero-order valence-corrected chi connectivity index (χ0v) is 17.7. The van der Waals surface area contributed by atoms with Gasteiger partial charge in [0.1, 0.15) is 6.61 Å². The van der Waals surface area contributed by atoms with Gasteiger partial charge in [-0.3, -0.25) is 4.79 Å². The van der Waals surface area contributed by atoms with Crippen molar-refractivity contribution in [3.8, 4) is 11.5 Å². The van der Waals surface area contributed by atoms with E-state index < -0.39 is 16.1 Å². The molecule has 1 aliphatic carbocycles. The van der Waals surface area contributed by atoms with E-state index in [0.717, 1.165) is 25.7 Å². The van der Waals surface area contributed by atoms with Gasteiger partial charge in [0.05, 0.1) is 4.90 Å². The number of hydrogen-bond acceptors (Lipinski definition) is 5. The molecule has 0 radical (unpaired) electrons. The first-order chi connectivity index (χ1) is 14.4. The van der Waals surface area contributed by atoms with Crippen molar-refractivity contribution in [1.82, 2.24) is 4.31 Å². The van der Waals surface area contributed by atoms with Crippen LogP contribution in [0.25, 0.3) is 0 Å². The fraction of sp³-hybridized carbons (Fsp3) is 0.409. The summed E-state index contributed by atoms with van der Waals surface area (Å²) in [6.07, 6.45) is 4.31. The number of nitrogens with zero attached hydrogens (tertiary/aromatic N) is 1. The van der Waals surface area contributed by atoms with Gasteiger partial charge in [0, 0.05) is 18.8 Å². The summed E-state index contributed by atoms with van der Waals surface area (Å²) in [5.74, 6) is 0.786. The molecular formula is C22H26N2O5S. The van der Waals surface area contributed by atoms with Crippen molar-refractivity contribution in [3.63, 3.8) is 0 Å². The van der Waals surface area contributed by atoms with Crippen LogP contribution in [0.1, 0.15) is 32.1 Å². The summed E-state index contributed by atoms with van der Waals surface area (Å²) in [4.78, 5) is 12.8. The Kier molecular flexibility index (Phi) is 5.97. The molecule has 0 bridgehead atoms. The molecular weight excluding hydrogens is 404 g/mol. The number of anilines is 1. The largest absolute Gasteiger partial charge is 0.485 e. The molecule has 1 amide bonds. The first-order valence-electron chi connectivity index (χ1n) is 10.2. The number of ether oxygens (including phenoxy) is 2. The molecule has 0 aromatic heterocycles. The summed E-state index contributed by atoms with van der Waals surface area (Å²) in [5.41, 5.74) is 0.502. The third-order valence-corrected chi connectivity index (χ3v) is 7.61. The smallest absolute Gasteiger partial charge is 0.269 e. The van der Waals surface area contributed by atoms with Crippen LogP contribution in [0, 0.1) is 0 Å². The molecule has 1 N–H and O–H groups in total. The Labute approximate surface area is 177 Å². The molecule has 7 nitrogen and oxygen atoms in total. The molecule has 30 heavy (non-hydrogen) atoms. The fourth-order valence-corrected chi connectivity index (χ4v) is 5.30. The van der Waals surface area contributed by atoms with Crippen LogP contribution in [0.4, 0.5) is 5.69 Å². The van der Waals surface area contributed by atoms with E-state index >= 15 is 0 Å². The highest BCUT2D eigenvalue weighted by Gasteiger charge is 2.30. The number of para-hydroxylation sites is 2. The third-order valence-electron chi connectivity index (χ3n) is 5.69. The van der Waals surface area contributed by atoms with E-state index in [1.807, 2.05) is 12.1 Å². The van der Waals surface area contributed by atoms with Gasteiger partial charge >= 0.3 is 0 Å². The van der Waals surface area contributed by atoms with E-state index in [-0.39, 0.29) is 23.5 Å². The van der Waals surface area contributed by atoms with E-state index in [1.165, 1.54) is 22.9 Å². The van der Waals surface area contributed by atoms with Crippen LogP contribution in [-0.4, -0.2) is 44.4 Å². The first kappa shape index (κ1) is 20.7. The molecule has 1 fully saturated rings. The Morgan fingerprint density at radius 3 is 2.37 bits per heavy atom. The zero-order chi connectivity index (χ0) is 21.1. The topological polar surface area (TPSA) is 84.9 Å². The number of amides is 1. The molecule has 0 saturated heterocycles. The van der Waals surface area contributed by atoms with Crippen molar-refractivity contribution in [3.05, 3.63) is 48.5 Å². The number of rotatable bonds is 5. The maximum atomic E-state index is 12.9. The molecule has 2 aromatic rings. The highest BCUT2D eigenvalue weighted by Crippen LogP contribution is 2.31. The lowest BCUT2D eigenvalue weighted by Crippen LogP contribution is -2.40. The highest BCUT2D eigenvalue weighted by molar-refractivity contribution is 7.89. The molecule has 1 saturated carbocycles. The molecule has 160 valence electrons. The maximum absolute atomic E-state index is 12.9. The maximum Gasteiger partial charge on any atom is 0.269 e. The molecule has 2 aromatic carbocycles. The van der Waals surface area contributed by atoms with Gasteiger partial charge in [-0.15, -0.1) is 0 Å². The van der Waals surface area contributed by atoms with Gasteiger partial charge in [-0.2, -0.15) is 4.31 Å². The van der Waals surface area contributed by atoms with Gasteiger partial charge in [-0.25, -0.2) is 8.42 Å². The van der Waals surface area contributed by atoms with E-state index in [0.29, 0.717) is 17.2 Å². The summed E-state index contributed by atoms with van der Waals surface area (Å²) in [5, 5.41) is 2.76. The fourth-order valence-electron chi connectivity index (χ4n) is 3.89. The number of sulfonamides is 1. The number of benzene rings is 2. The van der Waals surface area contributed by atoms with E-state index in [9.17, 15) is 13.2 Å². The normalized spacial score (nSPS) is 19.5. The quantitative estimate of drug-likeness (QED) is 0.786. The number of carbonyl (C=O) groups is 1. The van der Waals surface area contributed by atoms with Crippen molar-refractivity contribution in [1.29, 1.82) is 0 Å². The molecule has 4 rings (SSSR count). The number of hydrogen-bond donors (Lipinski definition) is 1. The summed E-state index contributed by atoms with van der Waals surface area (Å²) < 4.78 is 38.6. The van der Waals surface area contributed by atoms with Gasteiger partial charge in [0.2, 0.25) is 16.1 Å². The second kappa shape index (κ2) is 8.65. The Bertz CT molecular complexity index is 1000. The van der Waals surface area contributed by atoms with Crippen LogP contribution in [-0.2, 0) is 14.8 Å². The minimum Gasteiger partial charge on any atom is -0.485 e. The first-order valence-corrected chi connectivity index (χ1v) is 11.7. The summed E-state index contributed by atoms with van der Waals surface area (Å²) in [6.45, 7) is 0.113. The molecule has 1 atom stereocenters. The SMILES string of the molecule is CN(C1CCCCC1)S(=O)(=O)c1ccc(NC(=O)[C@@H]2COc3ccccc3O2)cc1. The number of carbonyl (C=O) groups excluding carboxylic acids is 1. The Morgan fingerprint density at radius 1 is 1.00 bits per heavy atom. The van der Waals surface area contributed by atoms with Gasteiger partial charge in [0.15, 0.2) is 11.5 Å². The van der Waals surface area contributed by atoms with Crippen LogP contribution in [0.15, 0.2) is 53.4 Å². The lowest BCUT2D eigenvalue weighted by molar-refractivity contribution is -0.125. The molecule has 0 spiro atoms. The molecule has 2 aliphatic rings. The van der Waals surface area contributed by atoms with Crippen molar-refractivity contribution < 1.29 is 22.7 Å². The Hall–Kier alpha value is -2.58. The van der Waals surface area contributed by atoms with Crippen LogP contribution >= 0.6 is 0 Å². The average Bonchev–Trinajstić information content (AvgIpc) is 2.79. The Balaban J connectivity index is 1.40. The molecule has 1 aliphatic heterocycles. The van der Waals surface area contributed by atoms with Gasteiger partial charge < -0.3 is 14.8 Å². The molecule has 8 heteroatoms. The molecule has 1 heterocycles. The van der Waals surface area contributed by atoms with Crippen molar-refractivity contribution >= 4 is 21.6 Å². The number of nitrogens with one attached hydrogen (secondary N) is 1. The summed E-state index contributed by atoms with van der Waals surface area (Å²) in [6, 6.07) is 13.5. The predicted octanol–water partition coefficient (Wildman–Crippen LogP) is 3.42. The monoisotopic (exact) mass is 430 g/mol. The van der Waals surface area contributed by atoms with E-state index in [4.69, 9.17) is 9.47 Å². The van der Waals surface area contributed by atoms with E-state index in [2.05, 4.69) is 5.32 Å². The van der Waals surface area contributed by atoms with Crippen LogP contribution in [0.2, 0.25) is 0 Å². The van der Waals surface area contributed by atoms with E-state index in [1.54, 1.807) is 31.3 Å². The van der Waals surface area contributed by atoms with Gasteiger partial charge in [-0.05, 0) is 49.2 Å². The zero-order valence-electron chi connectivity index (χ0n) is 16.9. The summed E-state index contributed by atoms with van der Waals surface area (Å²) in [7, 11) is -1.91. The second-order valence-electron chi connectivity index (χ2n) is 7.69. The predicted molar refractivity (Wildman–Crippen MR) is 113 cm³/mol. The van der Waals surface area contributed by atoms with Crippen LogP contribution < -0.4 is 14.8 Å². The summed E-state index contributed by atoms with van der Waals surface area (Å²) >= 11 is 0. The highest BCUT2D eigenvalue weighted by atomic mass is 32.2. The standard InChI is InChI=1S/C22H26N2O5S/c1-24(17-7-3-2-4-8-17)30(26,27)18-13-11-16(12-14-18)23-22(25)21-15-28-19-9-5-6-10-20(19)29-21/h5-6,9-14,17,21H,2-4,7-8,15H2,1H3,(H,23,25)/t21-/m0/s1. The van der Waals surface area contributed by atoms with Crippen molar-refractivity contribution in [2.24, 2.45) is 0 Å². The van der Waals surface area contributed by atoms with Crippen molar-refractivity contribution in [2.45, 2.75) is 49.1 Å². The van der Waals surface area contributed by atoms with Crippen LogP contribution in [0.5, 0.6) is 11.5 Å². The molecule has 0 unspecified atom stereocenters. The third kappa shape index (κ3) is 4.29. The minimum absolute atomic E-state index is 0.0504. The lowest BCUT2D eigenvalue weighted by Gasteiger charge is -2.30. The average molecular weight is 431 g/mol. The van der Waals surface area contributed by atoms with Crippen molar-refractivity contribution in [2.75, 3.05) is 19.0 Å². The minimum atomic E-state index is -3.56. The van der Waals surface area contributed by atoms with Crippen LogP contribution in [0.3, 0.4) is 0 Å².